The summed E-state index contributed by atoms with van der Waals surface area (Å²) in [6.07, 6.45) is 2.54. The molecule has 0 spiro atoms. The van der Waals surface area contributed by atoms with Gasteiger partial charge in [0.15, 0.2) is 23.0 Å². The highest BCUT2D eigenvalue weighted by Gasteiger charge is 2.29. The average Bonchev–Trinajstić information content (AvgIpc) is 2.99. The third-order valence-electron chi connectivity index (χ3n) is 6.80. The topological polar surface area (TPSA) is 93.1 Å². The number of hydrogen-bond acceptors (Lipinski definition) is 6. The van der Waals surface area contributed by atoms with E-state index in [1.165, 1.54) is 11.1 Å². The van der Waals surface area contributed by atoms with E-state index in [4.69, 9.17) is 24.4 Å². The number of ether oxygens (including phenoxy) is 4. The fourth-order valence-electron chi connectivity index (χ4n) is 4.75. The molecule has 1 atom stereocenters. The van der Waals surface area contributed by atoms with Crippen molar-refractivity contribution in [3.8, 4) is 23.0 Å². The Morgan fingerprint density at radius 1 is 0.941 bits per heavy atom. The van der Waals surface area contributed by atoms with Gasteiger partial charge in [-0.05, 0) is 59.4 Å². The van der Waals surface area contributed by atoms with Crippen molar-refractivity contribution in [2.45, 2.75) is 31.6 Å². The average molecular weight is 468 g/mol. The Hall–Kier alpha value is -3.42. The lowest BCUT2D eigenvalue weighted by atomic mass is 9.77. The van der Waals surface area contributed by atoms with Gasteiger partial charge in [0.25, 0.3) is 0 Å². The van der Waals surface area contributed by atoms with E-state index in [0.717, 1.165) is 35.5 Å². The number of nitrogens with zero attached hydrogens (tertiary/aromatic N) is 1. The fraction of sp³-hybridized carbons (Fsp3) is 0.462. The molecule has 34 heavy (non-hydrogen) atoms. The van der Waals surface area contributed by atoms with E-state index in [-0.39, 0.29) is 5.91 Å². The molecule has 0 saturated carbocycles. The van der Waals surface area contributed by atoms with Crippen molar-refractivity contribution in [1.82, 2.24) is 10.2 Å². The lowest BCUT2D eigenvalue weighted by Crippen LogP contribution is -2.37. The molecule has 1 heterocycles. The molecule has 8 nitrogen and oxygen atoms in total. The third kappa shape index (κ3) is 4.76. The molecule has 1 aliphatic carbocycles. The number of carbonyl (C=O) groups excluding carboxylic acids is 1. The predicted octanol–water partition coefficient (Wildman–Crippen LogP) is 2.95. The Morgan fingerprint density at radius 3 is 2.18 bits per heavy atom. The summed E-state index contributed by atoms with van der Waals surface area (Å²) in [5.74, 6) is 3.68. The zero-order chi connectivity index (χ0) is 24.2. The van der Waals surface area contributed by atoms with Crippen molar-refractivity contribution >= 4 is 11.7 Å². The van der Waals surface area contributed by atoms with E-state index in [1.807, 2.05) is 29.2 Å². The summed E-state index contributed by atoms with van der Waals surface area (Å²) in [6, 6.07) is 7.94. The first kappa shape index (κ1) is 23.7. The largest absolute Gasteiger partial charge is 0.493 e. The molecule has 4 rings (SSSR count). The van der Waals surface area contributed by atoms with Gasteiger partial charge in [-0.3, -0.25) is 10.2 Å². The summed E-state index contributed by atoms with van der Waals surface area (Å²) < 4.78 is 21.6. The molecule has 2 aliphatic rings. The van der Waals surface area contributed by atoms with Gasteiger partial charge in [0.1, 0.15) is 0 Å². The first-order valence-electron chi connectivity index (χ1n) is 11.5. The molecule has 1 amide bonds. The third-order valence-corrected chi connectivity index (χ3v) is 6.80. The Bertz CT molecular complexity index is 1080. The Kier molecular flexibility index (Phi) is 7.14. The summed E-state index contributed by atoms with van der Waals surface area (Å²) in [5.41, 5.74) is 4.59. The minimum atomic E-state index is 0.0766. The van der Waals surface area contributed by atoms with Crippen LogP contribution in [0.25, 0.3) is 0 Å². The van der Waals surface area contributed by atoms with Crippen molar-refractivity contribution in [1.29, 1.82) is 5.41 Å². The van der Waals surface area contributed by atoms with Crippen molar-refractivity contribution in [3.05, 3.63) is 46.5 Å². The van der Waals surface area contributed by atoms with E-state index in [1.54, 1.807) is 28.4 Å². The van der Waals surface area contributed by atoms with E-state index in [2.05, 4.69) is 5.32 Å². The highest BCUT2D eigenvalue weighted by Crippen LogP contribution is 2.42. The maximum Gasteiger partial charge on any atom is 0.227 e. The van der Waals surface area contributed by atoms with E-state index >= 15 is 0 Å². The number of benzene rings is 2. The first-order valence-corrected chi connectivity index (χ1v) is 11.5. The zero-order valence-corrected chi connectivity index (χ0v) is 20.3. The van der Waals surface area contributed by atoms with Crippen LogP contribution in [0.2, 0.25) is 0 Å². The molecule has 0 bridgehead atoms. The number of fused-ring (bicyclic) bond motifs is 2. The quantitative estimate of drug-likeness (QED) is 0.435. The number of rotatable bonds is 9. The van der Waals surface area contributed by atoms with Crippen LogP contribution in [0.4, 0.5) is 0 Å². The zero-order valence-electron chi connectivity index (χ0n) is 20.3. The van der Waals surface area contributed by atoms with Crippen LogP contribution < -0.4 is 24.3 Å². The molecule has 0 aromatic heterocycles. The molecular weight excluding hydrogens is 434 g/mol. The number of amidine groups is 1. The van der Waals surface area contributed by atoms with Crippen LogP contribution in [0.5, 0.6) is 23.0 Å². The Balaban J connectivity index is 1.29. The van der Waals surface area contributed by atoms with Crippen LogP contribution in [0.15, 0.2) is 24.3 Å². The minimum absolute atomic E-state index is 0.0766. The van der Waals surface area contributed by atoms with Crippen LogP contribution in [-0.4, -0.2) is 64.7 Å². The molecule has 0 radical (unpaired) electrons. The van der Waals surface area contributed by atoms with Crippen molar-refractivity contribution in [3.63, 3.8) is 0 Å². The van der Waals surface area contributed by atoms with Gasteiger partial charge in [0.05, 0.1) is 40.7 Å². The van der Waals surface area contributed by atoms with Crippen molar-refractivity contribution in [2.75, 3.05) is 48.1 Å². The van der Waals surface area contributed by atoms with E-state index in [0.29, 0.717) is 55.7 Å². The standard InChI is InChI=1S/C26H33N3O5/c1-31-21-10-16-5-7-29(26(30)13-17(16)11-22(21)32-2)8-6-25(27)28-15-19-9-18-12-23(33-3)24(34-4)14-20(18)19/h10-12,14,19H,5-9,13,15H2,1-4H3,(H2,27,28)/t19-/m1/s1. The molecule has 2 N–H and O–H groups in total. The van der Waals surface area contributed by atoms with E-state index in [9.17, 15) is 4.79 Å². The fourth-order valence-corrected chi connectivity index (χ4v) is 4.75. The molecule has 182 valence electrons. The predicted molar refractivity (Wildman–Crippen MR) is 130 cm³/mol. The van der Waals surface area contributed by atoms with Crippen LogP contribution in [0, 0.1) is 5.41 Å². The van der Waals surface area contributed by atoms with Crippen LogP contribution in [-0.2, 0) is 24.1 Å². The van der Waals surface area contributed by atoms with Crippen LogP contribution >= 0.6 is 0 Å². The van der Waals surface area contributed by atoms with E-state index < -0.39 is 0 Å². The van der Waals surface area contributed by atoms with Gasteiger partial charge in [-0.1, -0.05) is 0 Å². The number of hydrogen-bond donors (Lipinski definition) is 2. The Labute approximate surface area is 200 Å². The van der Waals surface area contributed by atoms with Gasteiger partial charge in [0.2, 0.25) is 5.91 Å². The van der Waals surface area contributed by atoms with Gasteiger partial charge in [-0.15, -0.1) is 0 Å². The normalized spacial score (nSPS) is 16.5. The maximum absolute atomic E-state index is 12.9. The van der Waals surface area contributed by atoms with Crippen molar-refractivity contribution < 1.29 is 23.7 Å². The monoisotopic (exact) mass is 467 g/mol. The van der Waals surface area contributed by atoms with Gasteiger partial charge < -0.3 is 29.2 Å². The molecule has 0 unspecified atom stereocenters. The number of methoxy groups -OCH3 is 4. The van der Waals surface area contributed by atoms with Gasteiger partial charge in [0, 0.05) is 32.0 Å². The van der Waals surface area contributed by atoms with Gasteiger partial charge in [-0.25, -0.2) is 0 Å². The van der Waals surface area contributed by atoms with Crippen LogP contribution in [0.3, 0.4) is 0 Å². The molecule has 1 aliphatic heterocycles. The molecule has 2 aromatic rings. The highest BCUT2D eigenvalue weighted by atomic mass is 16.5. The molecule has 2 aromatic carbocycles. The number of amides is 1. The molecular formula is C26H33N3O5. The second-order valence-electron chi connectivity index (χ2n) is 8.70. The van der Waals surface area contributed by atoms with Gasteiger partial charge in [-0.2, -0.15) is 0 Å². The maximum atomic E-state index is 12.9. The Morgan fingerprint density at radius 2 is 1.53 bits per heavy atom. The summed E-state index contributed by atoms with van der Waals surface area (Å²) in [4.78, 5) is 14.7. The summed E-state index contributed by atoms with van der Waals surface area (Å²) in [7, 11) is 6.50. The molecule has 0 fully saturated rings. The summed E-state index contributed by atoms with van der Waals surface area (Å²) in [5, 5.41) is 11.6. The first-order chi connectivity index (χ1) is 16.5. The van der Waals surface area contributed by atoms with Crippen LogP contribution in [0.1, 0.15) is 34.6 Å². The highest BCUT2D eigenvalue weighted by molar-refractivity contribution is 5.82. The minimum Gasteiger partial charge on any atom is -0.493 e. The SMILES string of the molecule is COc1cc2c(cc1OC)CC(=O)N(CCC(=N)NC[C@H]1Cc3cc(OC)c(OC)cc31)CC2. The lowest BCUT2D eigenvalue weighted by Gasteiger charge is -2.32. The summed E-state index contributed by atoms with van der Waals surface area (Å²) in [6.45, 7) is 1.85. The number of nitrogens with one attached hydrogen (secondary N) is 2. The smallest absolute Gasteiger partial charge is 0.227 e. The number of carbonyl (C=O) groups is 1. The molecule has 8 heteroatoms. The second kappa shape index (κ2) is 10.2. The lowest BCUT2D eigenvalue weighted by molar-refractivity contribution is -0.130. The molecule has 0 saturated heterocycles. The summed E-state index contributed by atoms with van der Waals surface area (Å²) >= 11 is 0. The second-order valence-corrected chi connectivity index (χ2v) is 8.70. The van der Waals surface area contributed by atoms with Crippen molar-refractivity contribution in [2.24, 2.45) is 0 Å². The van der Waals surface area contributed by atoms with Gasteiger partial charge >= 0.3 is 0 Å².